The summed E-state index contributed by atoms with van der Waals surface area (Å²) < 4.78 is 1.40. The zero-order valence-electron chi connectivity index (χ0n) is 19.9. The monoisotopic (exact) mass is 480 g/mol. The number of fused-ring (bicyclic) bond motifs is 2. The highest BCUT2D eigenvalue weighted by Gasteiger charge is 2.19. The van der Waals surface area contributed by atoms with Gasteiger partial charge >= 0.3 is 0 Å². The Morgan fingerprint density at radius 2 is 1.64 bits per heavy atom. The zero-order chi connectivity index (χ0) is 24.7. The molecule has 0 unspecified atom stereocenters. The molecule has 36 heavy (non-hydrogen) atoms. The molecule has 0 saturated heterocycles. The number of nitrogens with zero attached hydrogens (tertiary/aromatic N) is 4. The fourth-order valence-electron chi connectivity index (χ4n) is 4.36. The van der Waals surface area contributed by atoms with Gasteiger partial charge < -0.3 is 10.3 Å². The Morgan fingerprint density at radius 1 is 0.889 bits per heavy atom. The first-order valence-electron chi connectivity index (χ1n) is 12.3. The number of aryl methyl sites for hydroxylation is 1. The van der Waals surface area contributed by atoms with Gasteiger partial charge in [0.1, 0.15) is 11.3 Å². The number of hydrogen-bond acceptors (Lipinski definition) is 5. The second-order valence-corrected chi connectivity index (χ2v) is 8.89. The maximum atomic E-state index is 12.8. The first-order chi connectivity index (χ1) is 17.7. The van der Waals surface area contributed by atoms with E-state index < -0.39 is 0 Å². The van der Waals surface area contributed by atoms with E-state index in [9.17, 15) is 9.59 Å². The third kappa shape index (κ3) is 5.49. The van der Waals surface area contributed by atoms with Crippen molar-refractivity contribution in [3.8, 4) is 0 Å². The SMILES string of the molecule is O=C(CCCCCn1nnc2ccccc2c1=O)N[C@H](Cc1ccccc1)c1nc2ccccc2[nH]1. The maximum absolute atomic E-state index is 12.8. The number of benzene rings is 3. The van der Waals surface area contributed by atoms with Gasteiger partial charge in [0.05, 0.1) is 22.5 Å². The highest BCUT2D eigenvalue weighted by Crippen LogP contribution is 2.20. The van der Waals surface area contributed by atoms with E-state index in [0.29, 0.717) is 30.3 Å². The lowest BCUT2D eigenvalue weighted by atomic mass is 10.0. The van der Waals surface area contributed by atoms with E-state index in [0.717, 1.165) is 41.7 Å². The molecule has 8 heteroatoms. The Labute approximate surface area is 208 Å². The molecule has 0 aliphatic carbocycles. The van der Waals surface area contributed by atoms with Crippen LogP contribution in [0.15, 0.2) is 83.7 Å². The smallest absolute Gasteiger partial charge is 0.277 e. The summed E-state index contributed by atoms with van der Waals surface area (Å²) in [6, 6.07) is 24.9. The predicted octanol–water partition coefficient (Wildman–Crippen LogP) is 4.33. The predicted molar refractivity (Wildman–Crippen MR) is 139 cm³/mol. The zero-order valence-corrected chi connectivity index (χ0v) is 19.9. The molecule has 5 rings (SSSR count). The summed E-state index contributed by atoms with van der Waals surface area (Å²) in [7, 11) is 0. The van der Waals surface area contributed by atoms with Crippen molar-refractivity contribution in [1.29, 1.82) is 0 Å². The van der Waals surface area contributed by atoms with Crippen LogP contribution in [0, 0.1) is 0 Å². The average Bonchev–Trinajstić information content (AvgIpc) is 3.34. The Morgan fingerprint density at radius 3 is 2.47 bits per heavy atom. The third-order valence-electron chi connectivity index (χ3n) is 6.26. The maximum Gasteiger partial charge on any atom is 0.277 e. The van der Waals surface area contributed by atoms with Gasteiger partial charge in [-0.05, 0) is 49.1 Å². The van der Waals surface area contributed by atoms with Crippen molar-refractivity contribution in [2.45, 2.75) is 44.7 Å². The molecule has 0 bridgehead atoms. The van der Waals surface area contributed by atoms with Crippen LogP contribution in [0.25, 0.3) is 21.9 Å². The number of unbranched alkanes of at least 4 members (excludes halogenated alkanes) is 2. The van der Waals surface area contributed by atoms with Crippen molar-refractivity contribution in [2.75, 3.05) is 0 Å². The van der Waals surface area contributed by atoms with Crippen LogP contribution in [0.1, 0.15) is 43.1 Å². The largest absolute Gasteiger partial charge is 0.346 e. The van der Waals surface area contributed by atoms with Crippen LogP contribution in [0.3, 0.4) is 0 Å². The highest BCUT2D eigenvalue weighted by molar-refractivity contribution is 5.78. The van der Waals surface area contributed by atoms with Gasteiger partial charge in [0.25, 0.3) is 5.56 Å². The van der Waals surface area contributed by atoms with E-state index in [1.54, 1.807) is 12.1 Å². The van der Waals surface area contributed by atoms with Crippen molar-refractivity contribution in [2.24, 2.45) is 0 Å². The lowest BCUT2D eigenvalue weighted by Gasteiger charge is -2.17. The highest BCUT2D eigenvalue weighted by atomic mass is 16.1. The molecule has 3 aromatic carbocycles. The second-order valence-electron chi connectivity index (χ2n) is 8.89. The summed E-state index contributed by atoms with van der Waals surface area (Å²) in [5.41, 5.74) is 3.43. The van der Waals surface area contributed by atoms with E-state index >= 15 is 0 Å². The summed E-state index contributed by atoms with van der Waals surface area (Å²) in [4.78, 5) is 33.5. The lowest BCUT2D eigenvalue weighted by Crippen LogP contribution is -2.30. The van der Waals surface area contributed by atoms with Crippen molar-refractivity contribution in [1.82, 2.24) is 30.3 Å². The molecular formula is C28H28N6O2. The van der Waals surface area contributed by atoms with Crippen LogP contribution >= 0.6 is 0 Å². The number of hydrogen-bond donors (Lipinski definition) is 2. The second kappa shape index (κ2) is 10.9. The molecule has 1 atom stereocenters. The van der Waals surface area contributed by atoms with Crippen LogP contribution in [-0.4, -0.2) is 30.9 Å². The molecule has 0 radical (unpaired) electrons. The summed E-state index contributed by atoms with van der Waals surface area (Å²) >= 11 is 0. The minimum atomic E-state index is -0.251. The molecule has 182 valence electrons. The third-order valence-corrected chi connectivity index (χ3v) is 6.26. The van der Waals surface area contributed by atoms with Gasteiger partial charge in [0, 0.05) is 13.0 Å². The molecule has 0 saturated carbocycles. The van der Waals surface area contributed by atoms with Gasteiger partial charge in [-0.15, -0.1) is 5.10 Å². The van der Waals surface area contributed by atoms with E-state index in [2.05, 4.69) is 32.7 Å². The summed E-state index contributed by atoms with van der Waals surface area (Å²) in [6.07, 6.45) is 3.33. The molecule has 2 aromatic heterocycles. The molecule has 0 aliphatic rings. The minimum absolute atomic E-state index is 0.0148. The lowest BCUT2D eigenvalue weighted by molar-refractivity contribution is -0.122. The number of carbonyl (C=O) groups is 1. The van der Waals surface area contributed by atoms with Crippen molar-refractivity contribution < 1.29 is 4.79 Å². The van der Waals surface area contributed by atoms with Gasteiger partial charge in [-0.2, -0.15) is 0 Å². The van der Waals surface area contributed by atoms with Gasteiger partial charge in [-0.1, -0.05) is 66.2 Å². The van der Waals surface area contributed by atoms with Gasteiger partial charge in [-0.25, -0.2) is 9.67 Å². The molecule has 0 aliphatic heterocycles. The van der Waals surface area contributed by atoms with Crippen LogP contribution in [-0.2, 0) is 17.8 Å². The average molecular weight is 481 g/mol. The van der Waals surface area contributed by atoms with Gasteiger partial charge in [0.15, 0.2) is 0 Å². The topological polar surface area (TPSA) is 106 Å². The Kier molecular flexibility index (Phi) is 7.12. The van der Waals surface area contributed by atoms with Gasteiger partial charge in [-0.3, -0.25) is 9.59 Å². The van der Waals surface area contributed by atoms with Crippen molar-refractivity contribution in [3.05, 3.63) is 101 Å². The van der Waals surface area contributed by atoms with Crippen LogP contribution < -0.4 is 10.9 Å². The molecule has 8 nitrogen and oxygen atoms in total. The Balaban J connectivity index is 1.17. The molecular weight excluding hydrogens is 452 g/mol. The minimum Gasteiger partial charge on any atom is -0.346 e. The quantitative estimate of drug-likeness (QED) is 0.290. The van der Waals surface area contributed by atoms with E-state index in [4.69, 9.17) is 4.98 Å². The summed E-state index contributed by atoms with van der Waals surface area (Å²) in [5, 5.41) is 11.9. The Bertz CT molecular complexity index is 1490. The number of rotatable bonds is 10. The number of imidazole rings is 1. The van der Waals surface area contributed by atoms with E-state index in [-0.39, 0.29) is 17.5 Å². The standard InChI is InChI=1S/C28H28N6O2/c35-26(17-5-2-10-18-34-28(36)21-13-6-7-14-22(21)32-33-34)29-25(19-20-11-3-1-4-12-20)27-30-23-15-8-9-16-24(23)31-27/h1,3-4,6-9,11-16,25H,2,5,10,17-19H2,(H,29,35)(H,30,31)/t25-/m1/s1. The van der Waals surface area contributed by atoms with Crippen molar-refractivity contribution >= 4 is 27.8 Å². The summed E-state index contributed by atoms with van der Waals surface area (Å²) in [5.74, 6) is 0.738. The summed E-state index contributed by atoms with van der Waals surface area (Å²) in [6.45, 7) is 0.480. The van der Waals surface area contributed by atoms with Crippen LogP contribution in [0.5, 0.6) is 0 Å². The van der Waals surface area contributed by atoms with Crippen molar-refractivity contribution in [3.63, 3.8) is 0 Å². The number of nitrogens with one attached hydrogen (secondary N) is 2. The number of para-hydroxylation sites is 2. The fourth-order valence-corrected chi connectivity index (χ4v) is 4.36. The molecule has 5 aromatic rings. The molecule has 2 N–H and O–H groups in total. The number of aromatic amines is 1. The molecule has 0 fully saturated rings. The normalized spacial score (nSPS) is 12.1. The number of aromatic nitrogens is 5. The van der Waals surface area contributed by atoms with E-state index in [1.807, 2.05) is 54.6 Å². The van der Waals surface area contributed by atoms with Crippen LogP contribution in [0.4, 0.5) is 0 Å². The fraction of sp³-hybridized carbons (Fsp3) is 0.250. The van der Waals surface area contributed by atoms with Crippen LogP contribution in [0.2, 0.25) is 0 Å². The number of amides is 1. The first kappa shape index (κ1) is 23.4. The Hall–Kier alpha value is -4.33. The molecule has 2 heterocycles. The van der Waals surface area contributed by atoms with E-state index in [1.165, 1.54) is 4.68 Å². The molecule has 0 spiro atoms. The number of carbonyl (C=O) groups excluding carboxylic acids is 1. The van der Waals surface area contributed by atoms with Gasteiger partial charge in [0.2, 0.25) is 5.91 Å². The molecule has 1 amide bonds. The first-order valence-corrected chi connectivity index (χ1v) is 12.3. The number of H-pyrrole nitrogens is 1.